The van der Waals surface area contributed by atoms with Crippen molar-refractivity contribution in [3.8, 4) is 0 Å². The summed E-state index contributed by atoms with van der Waals surface area (Å²) in [6, 6.07) is 0. The van der Waals surface area contributed by atoms with E-state index in [1.54, 1.807) is 0 Å². The van der Waals surface area contributed by atoms with Crippen molar-refractivity contribution in [1.29, 1.82) is 0 Å². The van der Waals surface area contributed by atoms with Crippen LogP contribution in [0.5, 0.6) is 0 Å². The molecule has 0 aliphatic heterocycles. The molecule has 86 valence electrons. The average molecular weight is 209 g/mol. The van der Waals surface area contributed by atoms with Gasteiger partial charge in [-0.2, -0.15) is 0 Å². The summed E-state index contributed by atoms with van der Waals surface area (Å²) in [6.45, 7) is 8.95. The topological polar surface area (TPSA) is 43.1 Å². The van der Waals surface area contributed by atoms with Gasteiger partial charge in [-0.1, -0.05) is 27.7 Å². The Morgan fingerprint density at radius 3 is 2.33 bits per heavy atom. The van der Waals surface area contributed by atoms with Crippen LogP contribution in [0.4, 0.5) is 0 Å². The minimum Gasteiger partial charge on any atom is -0.369 e. The minimum atomic E-state index is -0.216. The maximum Gasteiger partial charge on any atom is 0.224 e. The summed E-state index contributed by atoms with van der Waals surface area (Å²) in [7, 11) is 0. The summed E-state index contributed by atoms with van der Waals surface area (Å²) < 4.78 is 0. The molecule has 2 aliphatic carbocycles. The molecule has 15 heavy (non-hydrogen) atoms. The predicted molar refractivity (Wildman–Crippen MR) is 61.1 cm³/mol. The van der Waals surface area contributed by atoms with Crippen molar-refractivity contribution in [3.63, 3.8) is 0 Å². The second kappa shape index (κ2) is 2.99. The smallest absolute Gasteiger partial charge is 0.224 e. The third-order valence-corrected chi connectivity index (χ3v) is 5.47. The molecule has 2 nitrogen and oxygen atoms in total. The van der Waals surface area contributed by atoms with E-state index in [-0.39, 0.29) is 16.7 Å². The lowest BCUT2D eigenvalue weighted by Gasteiger charge is -2.41. The van der Waals surface area contributed by atoms with Crippen LogP contribution < -0.4 is 5.73 Å². The average Bonchev–Trinajstić information content (AvgIpc) is 2.51. The number of nitrogens with two attached hydrogens (primary N) is 1. The molecule has 2 aliphatic rings. The van der Waals surface area contributed by atoms with Crippen LogP contribution in [-0.4, -0.2) is 5.91 Å². The van der Waals surface area contributed by atoms with E-state index in [9.17, 15) is 4.79 Å². The van der Waals surface area contributed by atoms with Crippen LogP contribution in [0.3, 0.4) is 0 Å². The van der Waals surface area contributed by atoms with E-state index in [1.807, 2.05) is 0 Å². The number of rotatable bonds is 2. The van der Waals surface area contributed by atoms with E-state index in [1.165, 1.54) is 12.8 Å². The number of primary amides is 1. The highest BCUT2D eigenvalue weighted by atomic mass is 16.1. The largest absolute Gasteiger partial charge is 0.369 e. The number of carbonyl (C=O) groups excluding carboxylic acids is 1. The predicted octanol–water partition coefficient (Wildman–Crippen LogP) is 2.57. The molecule has 2 fully saturated rings. The first-order valence-corrected chi connectivity index (χ1v) is 6.14. The van der Waals surface area contributed by atoms with Crippen LogP contribution in [0.15, 0.2) is 0 Å². The highest BCUT2D eigenvalue weighted by molar-refractivity contribution is 5.83. The molecule has 3 unspecified atom stereocenters. The van der Waals surface area contributed by atoms with Gasteiger partial charge in [0.1, 0.15) is 0 Å². The molecule has 0 aromatic carbocycles. The SMILES string of the molecule is CC(C)C1CC2CCC1(C(N)=O)C2(C)C. The Bertz CT molecular complexity index is 295. The second-order valence-electron chi connectivity index (χ2n) is 6.38. The van der Waals surface area contributed by atoms with Crippen molar-refractivity contribution in [1.82, 2.24) is 0 Å². The van der Waals surface area contributed by atoms with Crippen LogP contribution in [0.25, 0.3) is 0 Å². The van der Waals surface area contributed by atoms with Gasteiger partial charge in [-0.15, -0.1) is 0 Å². The molecule has 0 aromatic heterocycles. The third-order valence-electron chi connectivity index (χ3n) is 5.47. The first kappa shape index (κ1) is 11.0. The van der Waals surface area contributed by atoms with Crippen molar-refractivity contribution in [2.75, 3.05) is 0 Å². The number of amides is 1. The molecule has 0 heterocycles. The van der Waals surface area contributed by atoms with Crippen molar-refractivity contribution >= 4 is 5.91 Å². The Kier molecular flexibility index (Phi) is 2.19. The molecule has 2 saturated carbocycles. The summed E-state index contributed by atoms with van der Waals surface area (Å²) in [4.78, 5) is 11.9. The summed E-state index contributed by atoms with van der Waals surface area (Å²) >= 11 is 0. The number of fused-ring (bicyclic) bond motifs is 2. The monoisotopic (exact) mass is 209 g/mol. The van der Waals surface area contributed by atoms with Gasteiger partial charge in [0.25, 0.3) is 0 Å². The van der Waals surface area contributed by atoms with Crippen LogP contribution in [0, 0.1) is 28.6 Å². The summed E-state index contributed by atoms with van der Waals surface area (Å²) in [6.07, 6.45) is 3.41. The molecular weight excluding hydrogens is 186 g/mol. The lowest BCUT2D eigenvalue weighted by Crippen LogP contribution is -2.48. The Hall–Kier alpha value is -0.530. The molecule has 2 heteroatoms. The standard InChI is InChI=1S/C13H23NO/c1-8(2)10-7-9-5-6-13(10,11(14)15)12(9,3)4/h8-10H,5-7H2,1-4H3,(H2,14,15). The zero-order valence-corrected chi connectivity index (χ0v) is 10.3. The maximum absolute atomic E-state index is 11.9. The zero-order chi connectivity index (χ0) is 11.4. The second-order valence-corrected chi connectivity index (χ2v) is 6.38. The molecular formula is C13H23NO. The van der Waals surface area contributed by atoms with Gasteiger partial charge in [-0.05, 0) is 42.4 Å². The van der Waals surface area contributed by atoms with E-state index in [0.29, 0.717) is 17.8 Å². The van der Waals surface area contributed by atoms with Crippen molar-refractivity contribution < 1.29 is 4.79 Å². The van der Waals surface area contributed by atoms with E-state index in [4.69, 9.17) is 5.73 Å². The number of hydrogen-bond donors (Lipinski definition) is 1. The van der Waals surface area contributed by atoms with Crippen LogP contribution in [0.1, 0.15) is 47.0 Å². The lowest BCUT2D eigenvalue weighted by molar-refractivity contribution is -0.136. The number of hydrogen-bond acceptors (Lipinski definition) is 1. The number of carbonyl (C=O) groups is 1. The molecule has 0 radical (unpaired) electrons. The van der Waals surface area contributed by atoms with Gasteiger partial charge in [0.05, 0.1) is 5.41 Å². The van der Waals surface area contributed by atoms with Crippen molar-refractivity contribution in [2.24, 2.45) is 34.3 Å². The zero-order valence-electron chi connectivity index (χ0n) is 10.3. The van der Waals surface area contributed by atoms with E-state index >= 15 is 0 Å². The van der Waals surface area contributed by atoms with Crippen molar-refractivity contribution in [2.45, 2.75) is 47.0 Å². The molecule has 3 atom stereocenters. The Morgan fingerprint density at radius 2 is 2.00 bits per heavy atom. The molecule has 2 rings (SSSR count). The van der Waals surface area contributed by atoms with Crippen molar-refractivity contribution in [3.05, 3.63) is 0 Å². The summed E-state index contributed by atoms with van der Waals surface area (Å²) in [5.41, 5.74) is 5.64. The fourth-order valence-corrected chi connectivity index (χ4v) is 4.50. The van der Waals surface area contributed by atoms with E-state index in [2.05, 4.69) is 27.7 Å². The van der Waals surface area contributed by atoms with Gasteiger partial charge in [0, 0.05) is 0 Å². The van der Waals surface area contributed by atoms with Gasteiger partial charge in [0.15, 0.2) is 0 Å². The van der Waals surface area contributed by atoms with Crippen LogP contribution >= 0.6 is 0 Å². The normalized spacial score (nSPS) is 42.5. The fraction of sp³-hybridized carbons (Fsp3) is 0.923. The van der Waals surface area contributed by atoms with Crippen LogP contribution in [-0.2, 0) is 4.79 Å². The van der Waals surface area contributed by atoms with Gasteiger partial charge in [0.2, 0.25) is 5.91 Å². The molecule has 0 aromatic rings. The summed E-state index contributed by atoms with van der Waals surface area (Å²) in [5.74, 6) is 1.73. The van der Waals surface area contributed by atoms with Gasteiger partial charge < -0.3 is 5.73 Å². The fourth-order valence-electron chi connectivity index (χ4n) is 4.50. The van der Waals surface area contributed by atoms with Gasteiger partial charge in [-0.3, -0.25) is 4.79 Å². The Morgan fingerprint density at radius 1 is 1.40 bits per heavy atom. The Balaban J connectivity index is 2.47. The lowest BCUT2D eigenvalue weighted by atomic mass is 9.62. The highest BCUT2D eigenvalue weighted by Gasteiger charge is 2.67. The molecule has 0 spiro atoms. The first-order chi connectivity index (χ1) is 6.84. The highest BCUT2D eigenvalue weighted by Crippen LogP contribution is 2.69. The molecule has 0 saturated heterocycles. The maximum atomic E-state index is 11.9. The quantitative estimate of drug-likeness (QED) is 0.746. The van der Waals surface area contributed by atoms with Crippen LogP contribution in [0.2, 0.25) is 0 Å². The van der Waals surface area contributed by atoms with Gasteiger partial charge in [-0.25, -0.2) is 0 Å². The third kappa shape index (κ3) is 1.08. The van der Waals surface area contributed by atoms with E-state index in [0.717, 1.165) is 6.42 Å². The summed E-state index contributed by atoms with van der Waals surface area (Å²) in [5, 5.41) is 0. The van der Waals surface area contributed by atoms with E-state index < -0.39 is 0 Å². The molecule has 2 bridgehead atoms. The van der Waals surface area contributed by atoms with Gasteiger partial charge >= 0.3 is 0 Å². The molecule has 1 amide bonds. The molecule has 2 N–H and O–H groups in total. The first-order valence-electron chi connectivity index (χ1n) is 6.14. The Labute approximate surface area is 92.6 Å². The minimum absolute atomic E-state index is 0.0498.